The van der Waals surface area contributed by atoms with Crippen LogP contribution in [0.4, 0.5) is 0 Å². The third kappa shape index (κ3) is 2.88. The number of hydrogen-bond acceptors (Lipinski definition) is 3. The van der Waals surface area contributed by atoms with E-state index in [9.17, 15) is 8.42 Å². The van der Waals surface area contributed by atoms with E-state index < -0.39 is 10.2 Å². The van der Waals surface area contributed by atoms with Gasteiger partial charge in [-0.1, -0.05) is 6.07 Å². The second kappa shape index (κ2) is 5.34. The highest BCUT2D eigenvalue weighted by atomic mass is 32.2. The zero-order chi connectivity index (χ0) is 13.2. The molecule has 0 radical (unpaired) electrons. The summed E-state index contributed by atoms with van der Waals surface area (Å²) < 4.78 is 28.4. The molecule has 1 unspecified atom stereocenters. The monoisotopic (exact) mass is 269 g/mol. The van der Waals surface area contributed by atoms with Crippen molar-refractivity contribution < 1.29 is 8.42 Å². The molecule has 0 spiro atoms. The van der Waals surface area contributed by atoms with Gasteiger partial charge in [-0.25, -0.2) is 0 Å². The van der Waals surface area contributed by atoms with Crippen molar-refractivity contribution in [3.05, 3.63) is 29.6 Å². The molecule has 1 aromatic rings. The van der Waals surface area contributed by atoms with Gasteiger partial charge in [-0.15, -0.1) is 0 Å². The molecule has 100 valence electrons. The summed E-state index contributed by atoms with van der Waals surface area (Å²) in [5.41, 5.74) is 1.77. The Kier molecular flexibility index (Phi) is 3.99. The molecule has 2 heterocycles. The highest BCUT2D eigenvalue weighted by molar-refractivity contribution is 7.87. The van der Waals surface area contributed by atoms with Gasteiger partial charge in [-0.2, -0.15) is 17.4 Å². The molecule has 1 aliphatic rings. The first-order valence-corrected chi connectivity index (χ1v) is 7.63. The largest absolute Gasteiger partial charge is 0.280 e. The first kappa shape index (κ1) is 13.5. The summed E-state index contributed by atoms with van der Waals surface area (Å²) in [6.45, 7) is 4.98. The lowest BCUT2D eigenvalue weighted by Crippen LogP contribution is -2.40. The molecule has 18 heavy (non-hydrogen) atoms. The van der Waals surface area contributed by atoms with Crippen molar-refractivity contribution in [1.29, 1.82) is 0 Å². The Morgan fingerprint density at radius 1 is 1.39 bits per heavy atom. The minimum atomic E-state index is -3.38. The maximum Gasteiger partial charge on any atom is 0.280 e. The van der Waals surface area contributed by atoms with Crippen molar-refractivity contribution in [2.75, 3.05) is 13.1 Å². The summed E-state index contributed by atoms with van der Waals surface area (Å²) in [5, 5.41) is 0. The van der Waals surface area contributed by atoms with Crippen LogP contribution in [0.5, 0.6) is 0 Å². The molecule has 1 aliphatic heterocycles. The summed E-state index contributed by atoms with van der Waals surface area (Å²) >= 11 is 0. The summed E-state index contributed by atoms with van der Waals surface area (Å²) in [6.07, 6.45) is 3.57. The molecule has 6 heteroatoms. The standard InChI is InChI=1S/C12H19N3O2S/c1-10-6-5-7-13-12(10)11(2)14-18(16,17)15-8-3-4-9-15/h5-7,11,14H,3-4,8-9H2,1-2H3. The molecule has 5 nitrogen and oxygen atoms in total. The van der Waals surface area contributed by atoms with E-state index in [-0.39, 0.29) is 6.04 Å². The third-order valence-electron chi connectivity index (χ3n) is 3.19. The van der Waals surface area contributed by atoms with Crippen LogP contribution in [0.2, 0.25) is 0 Å². The van der Waals surface area contributed by atoms with Gasteiger partial charge in [0.15, 0.2) is 0 Å². The Labute approximate surface area is 108 Å². The summed E-state index contributed by atoms with van der Waals surface area (Å²) in [4.78, 5) is 4.24. The summed E-state index contributed by atoms with van der Waals surface area (Å²) in [7, 11) is -3.38. The molecule has 1 fully saturated rings. The van der Waals surface area contributed by atoms with E-state index in [0.29, 0.717) is 13.1 Å². The Morgan fingerprint density at radius 2 is 2.06 bits per heavy atom. The van der Waals surface area contributed by atoms with E-state index in [1.54, 1.807) is 6.20 Å². The fourth-order valence-corrected chi connectivity index (χ4v) is 3.68. The van der Waals surface area contributed by atoms with Gasteiger partial charge in [0, 0.05) is 19.3 Å². The highest BCUT2D eigenvalue weighted by Gasteiger charge is 2.27. The normalized spacial score (nSPS) is 19.0. The van der Waals surface area contributed by atoms with Crippen LogP contribution in [0.25, 0.3) is 0 Å². The molecule has 0 bridgehead atoms. The van der Waals surface area contributed by atoms with Crippen molar-refractivity contribution in [3.8, 4) is 0 Å². The van der Waals surface area contributed by atoms with E-state index in [2.05, 4.69) is 9.71 Å². The Morgan fingerprint density at radius 3 is 2.67 bits per heavy atom. The zero-order valence-corrected chi connectivity index (χ0v) is 11.6. The van der Waals surface area contributed by atoms with Gasteiger partial charge in [-0.3, -0.25) is 4.98 Å². The lowest BCUT2D eigenvalue weighted by Gasteiger charge is -2.20. The van der Waals surface area contributed by atoms with Crippen LogP contribution in [-0.2, 0) is 10.2 Å². The molecular weight excluding hydrogens is 250 g/mol. The van der Waals surface area contributed by atoms with Crippen LogP contribution >= 0.6 is 0 Å². The SMILES string of the molecule is Cc1cccnc1C(C)NS(=O)(=O)N1CCCC1. The molecule has 1 aromatic heterocycles. The number of pyridine rings is 1. The van der Waals surface area contributed by atoms with Crippen molar-refractivity contribution in [2.24, 2.45) is 0 Å². The Bertz CT molecular complexity index is 510. The van der Waals surface area contributed by atoms with Crippen molar-refractivity contribution in [3.63, 3.8) is 0 Å². The van der Waals surface area contributed by atoms with Crippen LogP contribution in [0, 0.1) is 6.92 Å². The number of aryl methyl sites for hydroxylation is 1. The van der Waals surface area contributed by atoms with Gasteiger partial charge < -0.3 is 0 Å². The number of aromatic nitrogens is 1. The first-order chi connectivity index (χ1) is 8.50. The zero-order valence-electron chi connectivity index (χ0n) is 10.8. The van der Waals surface area contributed by atoms with Gasteiger partial charge >= 0.3 is 0 Å². The topological polar surface area (TPSA) is 62.3 Å². The number of nitrogens with zero attached hydrogens (tertiary/aromatic N) is 2. The predicted molar refractivity (Wildman–Crippen MR) is 70.3 cm³/mol. The van der Waals surface area contributed by atoms with Gasteiger partial charge in [-0.05, 0) is 38.3 Å². The quantitative estimate of drug-likeness (QED) is 0.898. The lowest BCUT2D eigenvalue weighted by atomic mass is 10.1. The minimum absolute atomic E-state index is 0.309. The molecule has 1 atom stereocenters. The smallest absolute Gasteiger partial charge is 0.259 e. The van der Waals surface area contributed by atoms with E-state index in [0.717, 1.165) is 24.1 Å². The molecular formula is C12H19N3O2S. The van der Waals surface area contributed by atoms with Crippen molar-refractivity contribution >= 4 is 10.2 Å². The fraction of sp³-hybridized carbons (Fsp3) is 0.583. The van der Waals surface area contributed by atoms with Gasteiger partial charge in [0.05, 0.1) is 11.7 Å². The number of rotatable bonds is 4. The van der Waals surface area contributed by atoms with E-state index in [4.69, 9.17) is 0 Å². The Hall–Kier alpha value is -0.980. The molecule has 0 aliphatic carbocycles. The fourth-order valence-electron chi connectivity index (χ4n) is 2.23. The van der Waals surface area contributed by atoms with Gasteiger partial charge in [0.1, 0.15) is 0 Å². The van der Waals surface area contributed by atoms with E-state index in [1.165, 1.54) is 4.31 Å². The van der Waals surface area contributed by atoms with Crippen LogP contribution in [0.3, 0.4) is 0 Å². The average molecular weight is 269 g/mol. The predicted octanol–water partition coefficient (Wildman–Crippen LogP) is 1.38. The molecule has 2 rings (SSSR count). The van der Waals surface area contributed by atoms with Gasteiger partial charge in [0.25, 0.3) is 10.2 Å². The Balaban J connectivity index is 2.11. The van der Waals surface area contributed by atoms with Crippen molar-refractivity contribution in [2.45, 2.75) is 32.7 Å². The minimum Gasteiger partial charge on any atom is -0.259 e. The molecule has 0 saturated carbocycles. The van der Waals surface area contributed by atoms with Gasteiger partial charge in [0.2, 0.25) is 0 Å². The van der Waals surface area contributed by atoms with E-state index >= 15 is 0 Å². The maximum absolute atomic E-state index is 12.1. The lowest BCUT2D eigenvalue weighted by molar-refractivity contribution is 0.455. The first-order valence-electron chi connectivity index (χ1n) is 6.19. The van der Waals surface area contributed by atoms with E-state index in [1.807, 2.05) is 26.0 Å². The highest BCUT2D eigenvalue weighted by Crippen LogP contribution is 2.18. The summed E-state index contributed by atoms with van der Waals surface area (Å²) in [6, 6.07) is 3.47. The van der Waals surface area contributed by atoms with Crippen LogP contribution in [0.15, 0.2) is 18.3 Å². The number of hydrogen-bond donors (Lipinski definition) is 1. The number of nitrogens with one attached hydrogen (secondary N) is 1. The molecule has 0 amide bonds. The van der Waals surface area contributed by atoms with Crippen molar-refractivity contribution in [1.82, 2.24) is 14.0 Å². The molecule has 1 N–H and O–H groups in total. The van der Waals surface area contributed by atoms with Crippen LogP contribution < -0.4 is 4.72 Å². The van der Waals surface area contributed by atoms with Crippen LogP contribution in [-0.4, -0.2) is 30.8 Å². The second-order valence-electron chi connectivity index (χ2n) is 4.66. The molecule has 0 aromatic carbocycles. The maximum atomic E-state index is 12.1. The molecule has 1 saturated heterocycles. The summed E-state index contributed by atoms with van der Waals surface area (Å²) in [5.74, 6) is 0. The van der Waals surface area contributed by atoms with Crippen LogP contribution in [0.1, 0.15) is 37.1 Å². The second-order valence-corrected chi connectivity index (χ2v) is 6.36. The average Bonchev–Trinajstić information content (AvgIpc) is 2.82. The third-order valence-corrected chi connectivity index (χ3v) is 4.89.